The minimum Gasteiger partial charge on any atom is -0.352 e. The first-order valence-corrected chi connectivity index (χ1v) is 14.3. The van der Waals surface area contributed by atoms with E-state index >= 15 is 0 Å². The lowest BCUT2D eigenvalue weighted by molar-refractivity contribution is -0.135. The van der Waals surface area contributed by atoms with Gasteiger partial charge in [-0.25, -0.2) is 0 Å². The molecule has 4 amide bonds. The van der Waals surface area contributed by atoms with Crippen LogP contribution in [0.2, 0.25) is 0 Å². The Morgan fingerprint density at radius 3 is 2.39 bits per heavy atom. The second-order valence-electron chi connectivity index (χ2n) is 13.7. The number of carbonyl (C=O) groups is 4. The van der Waals surface area contributed by atoms with E-state index in [-0.39, 0.29) is 36.5 Å². The Bertz CT molecular complexity index is 1070. The minimum atomic E-state index is -0.405. The molecule has 208 valence electrons. The van der Waals surface area contributed by atoms with E-state index in [2.05, 4.69) is 45.3 Å². The van der Waals surface area contributed by atoms with Gasteiger partial charge in [0.15, 0.2) is 0 Å². The van der Waals surface area contributed by atoms with Gasteiger partial charge in [-0.15, -0.1) is 0 Å². The highest BCUT2D eigenvalue weighted by Crippen LogP contribution is 2.45. The SMILES string of the molecule is CC(C)(C)CC(C)(C)C1CCCC(CC(=O)NCc2ccc3c(c2)CN(C2CC(=O)NC(=O)C2)C3=O)CC1. The standard InChI is InChI=1S/C31H45N3O4/c1-30(2,3)19-31(4,5)23-8-6-7-20(9-11-23)14-26(35)32-17-21-10-12-25-22(13-21)18-34(29(25)38)24-15-27(36)33-28(37)16-24/h10,12-13,20,23-24H,6-9,11,14-19H2,1-5H3,(H,32,35)(H,33,36,37). The molecule has 1 aliphatic carbocycles. The topological polar surface area (TPSA) is 95.6 Å². The van der Waals surface area contributed by atoms with Gasteiger partial charge in [0.1, 0.15) is 0 Å². The molecule has 4 rings (SSSR count). The zero-order valence-electron chi connectivity index (χ0n) is 23.8. The summed E-state index contributed by atoms with van der Waals surface area (Å²) in [6, 6.07) is 5.24. The summed E-state index contributed by atoms with van der Waals surface area (Å²) in [5, 5.41) is 5.39. The zero-order chi connectivity index (χ0) is 27.7. The molecule has 2 atom stereocenters. The number of benzene rings is 1. The van der Waals surface area contributed by atoms with Crippen LogP contribution in [0.3, 0.4) is 0 Å². The van der Waals surface area contributed by atoms with Crippen LogP contribution in [0.1, 0.15) is 114 Å². The van der Waals surface area contributed by atoms with Gasteiger partial charge in [0, 0.05) is 44.0 Å². The third kappa shape index (κ3) is 7.03. The molecular formula is C31H45N3O4. The maximum atomic E-state index is 12.9. The summed E-state index contributed by atoms with van der Waals surface area (Å²) in [7, 11) is 0. The molecule has 0 bridgehead atoms. The maximum absolute atomic E-state index is 12.9. The highest BCUT2D eigenvalue weighted by atomic mass is 16.2. The number of rotatable bonds is 7. The predicted molar refractivity (Wildman–Crippen MR) is 147 cm³/mol. The van der Waals surface area contributed by atoms with Crippen molar-refractivity contribution >= 4 is 23.6 Å². The van der Waals surface area contributed by atoms with Crippen LogP contribution in [0.15, 0.2) is 18.2 Å². The van der Waals surface area contributed by atoms with Crippen molar-refractivity contribution in [2.24, 2.45) is 22.7 Å². The Morgan fingerprint density at radius 2 is 1.71 bits per heavy atom. The Kier molecular flexibility index (Phi) is 8.34. The summed E-state index contributed by atoms with van der Waals surface area (Å²) < 4.78 is 0. The van der Waals surface area contributed by atoms with Gasteiger partial charge in [-0.05, 0) is 72.0 Å². The van der Waals surface area contributed by atoms with Crippen LogP contribution < -0.4 is 10.6 Å². The van der Waals surface area contributed by atoms with Gasteiger partial charge in [-0.3, -0.25) is 24.5 Å². The van der Waals surface area contributed by atoms with Crippen LogP contribution in [0, 0.1) is 22.7 Å². The van der Waals surface area contributed by atoms with E-state index in [1.165, 1.54) is 25.7 Å². The van der Waals surface area contributed by atoms with Gasteiger partial charge in [-0.2, -0.15) is 0 Å². The minimum absolute atomic E-state index is 0.0901. The van der Waals surface area contributed by atoms with E-state index in [0.717, 1.165) is 24.0 Å². The van der Waals surface area contributed by atoms with Crippen molar-refractivity contribution in [1.82, 2.24) is 15.5 Å². The van der Waals surface area contributed by atoms with E-state index in [1.807, 2.05) is 12.1 Å². The number of amides is 4. The molecule has 2 heterocycles. The Balaban J connectivity index is 1.27. The van der Waals surface area contributed by atoms with E-state index < -0.39 is 6.04 Å². The molecule has 2 aliphatic heterocycles. The molecule has 0 spiro atoms. The van der Waals surface area contributed by atoms with Crippen LogP contribution in [0.4, 0.5) is 0 Å². The number of hydrogen-bond donors (Lipinski definition) is 2. The molecule has 0 radical (unpaired) electrons. The third-order valence-electron chi connectivity index (χ3n) is 8.71. The molecule has 1 saturated heterocycles. The molecule has 2 N–H and O–H groups in total. The van der Waals surface area contributed by atoms with Crippen molar-refractivity contribution < 1.29 is 19.2 Å². The molecule has 0 aromatic heterocycles. The third-order valence-corrected chi connectivity index (χ3v) is 8.71. The van der Waals surface area contributed by atoms with Crippen molar-refractivity contribution in [3.63, 3.8) is 0 Å². The lowest BCUT2D eigenvalue weighted by Crippen LogP contribution is -2.48. The highest BCUT2D eigenvalue weighted by molar-refractivity contribution is 6.02. The fraction of sp³-hybridized carbons (Fsp3) is 0.677. The van der Waals surface area contributed by atoms with E-state index in [4.69, 9.17) is 0 Å². The van der Waals surface area contributed by atoms with Gasteiger partial charge < -0.3 is 10.2 Å². The normalized spacial score (nSPS) is 23.2. The fourth-order valence-corrected chi connectivity index (χ4v) is 7.19. The first-order chi connectivity index (χ1) is 17.8. The summed E-state index contributed by atoms with van der Waals surface area (Å²) in [6.45, 7) is 12.6. The number of nitrogens with one attached hydrogen (secondary N) is 2. The van der Waals surface area contributed by atoms with Crippen LogP contribution in [0.5, 0.6) is 0 Å². The van der Waals surface area contributed by atoms with Crippen LogP contribution >= 0.6 is 0 Å². The average molecular weight is 524 g/mol. The number of carbonyl (C=O) groups excluding carboxylic acids is 4. The fourth-order valence-electron chi connectivity index (χ4n) is 7.19. The molecule has 2 unspecified atom stereocenters. The molecule has 2 fully saturated rings. The second kappa shape index (κ2) is 11.2. The van der Waals surface area contributed by atoms with Gasteiger partial charge >= 0.3 is 0 Å². The lowest BCUT2D eigenvalue weighted by Gasteiger charge is -2.39. The van der Waals surface area contributed by atoms with Gasteiger partial charge in [0.25, 0.3) is 5.91 Å². The van der Waals surface area contributed by atoms with Crippen molar-refractivity contribution in [3.8, 4) is 0 Å². The summed E-state index contributed by atoms with van der Waals surface area (Å²) in [6.07, 6.45) is 7.96. The zero-order valence-corrected chi connectivity index (χ0v) is 23.8. The van der Waals surface area contributed by atoms with Crippen LogP contribution in [-0.2, 0) is 27.5 Å². The molecule has 1 saturated carbocycles. The summed E-state index contributed by atoms with van der Waals surface area (Å²) in [4.78, 5) is 50.9. The first-order valence-electron chi connectivity index (χ1n) is 14.3. The summed E-state index contributed by atoms with van der Waals surface area (Å²) >= 11 is 0. The molecule has 1 aromatic rings. The average Bonchev–Trinajstić information content (AvgIpc) is 2.96. The molecule has 7 heteroatoms. The largest absolute Gasteiger partial charge is 0.352 e. The summed E-state index contributed by atoms with van der Waals surface area (Å²) in [5.74, 6) is 0.428. The number of nitrogens with zero attached hydrogens (tertiary/aromatic N) is 1. The van der Waals surface area contributed by atoms with Crippen molar-refractivity contribution in [1.29, 1.82) is 0 Å². The first kappa shape index (κ1) is 28.3. The van der Waals surface area contributed by atoms with Crippen LogP contribution in [0.25, 0.3) is 0 Å². The lowest BCUT2D eigenvalue weighted by atomic mass is 9.66. The van der Waals surface area contributed by atoms with E-state index in [9.17, 15) is 19.2 Å². The maximum Gasteiger partial charge on any atom is 0.254 e. The predicted octanol–water partition coefficient (Wildman–Crippen LogP) is 5.11. The van der Waals surface area contributed by atoms with E-state index in [1.54, 1.807) is 11.0 Å². The molecule has 1 aromatic carbocycles. The molecule has 3 aliphatic rings. The number of imide groups is 1. The van der Waals surface area contributed by atoms with Gasteiger partial charge in [0.05, 0.1) is 0 Å². The number of fused-ring (bicyclic) bond motifs is 1. The Morgan fingerprint density at radius 1 is 1.00 bits per heavy atom. The molecule has 38 heavy (non-hydrogen) atoms. The smallest absolute Gasteiger partial charge is 0.254 e. The van der Waals surface area contributed by atoms with Gasteiger partial charge in [-0.1, -0.05) is 53.2 Å². The highest BCUT2D eigenvalue weighted by Gasteiger charge is 2.38. The van der Waals surface area contributed by atoms with Crippen molar-refractivity contribution in [2.75, 3.05) is 0 Å². The van der Waals surface area contributed by atoms with E-state index in [0.29, 0.717) is 47.7 Å². The Hall–Kier alpha value is -2.70. The second-order valence-corrected chi connectivity index (χ2v) is 13.7. The van der Waals surface area contributed by atoms with Gasteiger partial charge in [0.2, 0.25) is 17.7 Å². The number of piperidine rings is 1. The van der Waals surface area contributed by atoms with Crippen molar-refractivity contribution in [2.45, 2.75) is 112 Å². The quantitative estimate of drug-likeness (QED) is 0.383. The van der Waals surface area contributed by atoms with Crippen LogP contribution in [-0.4, -0.2) is 34.6 Å². The van der Waals surface area contributed by atoms with Crippen molar-refractivity contribution in [3.05, 3.63) is 34.9 Å². The molecule has 7 nitrogen and oxygen atoms in total. The number of hydrogen-bond acceptors (Lipinski definition) is 4. The summed E-state index contributed by atoms with van der Waals surface area (Å²) in [5.41, 5.74) is 3.09. The monoisotopic (exact) mass is 523 g/mol. The Labute approximate surface area is 227 Å². The molecular weight excluding hydrogens is 478 g/mol.